The summed E-state index contributed by atoms with van der Waals surface area (Å²) in [5.74, 6) is 0.146. The van der Waals surface area contributed by atoms with Gasteiger partial charge in [0.1, 0.15) is 0 Å². The summed E-state index contributed by atoms with van der Waals surface area (Å²) in [5, 5.41) is 16.3. The first-order valence-electron chi connectivity index (χ1n) is 7.08. The van der Waals surface area contributed by atoms with Crippen LogP contribution < -0.4 is 0 Å². The van der Waals surface area contributed by atoms with E-state index in [9.17, 15) is 9.90 Å². The number of rotatable bonds is 4. The summed E-state index contributed by atoms with van der Waals surface area (Å²) in [6, 6.07) is 0. The molecule has 1 aromatic rings. The molecule has 6 nitrogen and oxygen atoms in total. The third-order valence-corrected chi connectivity index (χ3v) is 3.82. The van der Waals surface area contributed by atoms with Gasteiger partial charge in [-0.05, 0) is 25.8 Å². The molecular weight excluding hydrogens is 258 g/mol. The highest BCUT2D eigenvalue weighted by atomic mass is 16.5. The molecule has 1 aliphatic heterocycles. The Bertz CT molecular complexity index is 439. The van der Waals surface area contributed by atoms with Crippen LogP contribution in [0.4, 0.5) is 0 Å². The van der Waals surface area contributed by atoms with Gasteiger partial charge in [0.15, 0.2) is 0 Å². The van der Waals surface area contributed by atoms with E-state index in [1.807, 2.05) is 13.8 Å². The fourth-order valence-electron chi connectivity index (χ4n) is 2.55. The average molecular weight is 281 g/mol. The molecule has 1 aromatic heterocycles. The van der Waals surface area contributed by atoms with Gasteiger partial charge >= 0.3 is 0 Å². The lowest BCUT2D eigenvalue weighted by Crippen LogP contribution is -2.36. The Balaban J connectivity index is 1.90. The van der Waals surface area contributed by atoms with Crippen molar-refractivity contribution in [3.63, 3.8) is 0 Å². The topological polar surface area (TPSA) is 78.5 Å². The lowest BCUT2D eigenvalue weighted by atomic mass is 10.1. The predicted octanol–water partition coefficient (Wildman–Crippen LogP) is 0.426. The van der Waals surface area contributed by atoms with Crippen LogP contribution in [0.2, 0.25) is 0 Å². The van der Waals surface area contributed by atoms with Crippen LogP contribution in [0.25, 0.3) is 0 Å². The lowest BCUT2D eigenvalue weighted by molar-refractivity contribution is -0.131. The highest BCUT2D eigenvalue weighted by molar-refractivity contribution is 5.76. The summed E-state index contributed by atoms with van der Waals surface area (Å²) in [5.41, 5.74) is 3.12. The molecule has 0 aromatic carbocycles. The molecule has 2 heterocycles. The van der Waals surface area contributed by atoms with Crippen LogP contribution in [-0.4, -0.2) is 59.0 Å². The number of aryl methyl sites for hydroxylation is 2. The first-order valence-corrected chi connectivity index (χ1v) is 7.08. The number of aromatic nitrogens is 2. The number of aliphatic hydroxyl groups is 1. The maximum atomic E-state index is 12.3. The van der Waals surface area contributed by atoms with Gasteiger partial charge in [0, 0.05) is 37.7 Å². The second-order valence-corrected chi connectivity index (χ2v) is 5.38. The van der Waals surface area contributed by atoms with Gasteiger partial charge in [0.25, 0.3) is 0 Å². The molecule has 0 spiro atoms. The number of carbonyl (C=O) groups is 1. The first-order chi connectivity index (χ1) is 9.61. The quantitative estimate of drug-likeness (QED) is 0.839. The van der Waals surface area contributed by atoms with Crippen LogP contribution in [0.3, 0.4) is 0 Å². The molecule has 1 unspecified atom stereocenters. The van der Waals surface area contributed by atoms with Crippen molar-refractivity contribution in [1.82, 2.24) is 15.1 Å². The van der Waals surface area contributed by atoms with Crippen LogP contribution in [0.15, 0.2) is 0 Å². The zero-order valence-electron chi connectivity index (χ0n) is 12.2. The Morgan fingerprint density at radius 1 is 1.55 bits per heavy atom. The fourth-order valence-corrected chi connectivity index (χ4v) is 2.55. The van der Waals surface area contributed by atoms with Crippen molar-refractivity contribution in [1.29, 1.82) is 0 Å². The smallest absolute Gasteiger partial charge is 0.222 e. The molecule has 1 aliphatic rings. The van der Waals surface area contributed by atoms with Gasteiger partial charge in [-0.2, -0.15) is 5.10 Å². The summed E-state index contributed by atoms with van der Waals surface area (Å²) in [6.45, 7) is 6.25. The number of H-pyrrole nitrogens is 1. The highest BCUT2D eigenvalue weighted by Crippen LogP contribution is 2.14. The van der Waals surface area contributed by atoms with Crippen molar-refractivity contribution < 1.29 is 14.6 Å². The lowest BCUT2D eigenvalue weighted by Gasteiger charge is -2.22. The molecule has 0 radical (unpaired) electrons. The zero-order valence-corrected chi connectivity index (χ0v) is 12.2. The molecule has 2 rings (SSSR count). The van der Waals surface area contributed by atoms with Gasteiger partial charge in [0.2, 0.25) is 5.91 Å². The van der Waals surface area contributed by atoms with Gasteiger partial charge in [-0.3, -0.25) is 9.89 Å². The van der Waals surface area contributed by atoms with E-state index >= 15 is 0 Å². The van der Waals surface area contributed by atoms with E-state index in [0.29, 0.717) is 39.1 Å². The molecule has 20 heavy (non-hydrogen) atoms. The van der Waals surface area contributed by atoms with Gasteiger partial charge in [0.05, 0.1) is 18.9 Å². The van der Waals surface area contributed by atoms with Crippen molar-refractivity contribution >= 4 is 5.91 Å². The van der Waals surface area contributed by atoms with E-state index in [4.69, 9.17) is 4.74 Å². The normalized spacial score (nSPS) is 19.9. The molecule has 0 aliphatic carbocycles. The minimum atomic E-state index is 0.0267. The Hall–Kier alpha value is -1.40. The molecule has 0 bridgehead atoms. The Morgan fingerprint density at radius 3 is 3.00 bits per heavy atom. The van der Waals surface area contributed by atoms with Crippen molar-refractivity contribution in [3.05, 3.63) is 17.0 Å². The largest absolute Gasteiger partial charge is 0.396 e. The number of amides is 1. The number of hydrogen-bond donors (Lipinski definition) is 2. The summed E-state index contributed by atoms with van der Waals surface area (Å²) in [7, 11) is 0. The third kappa shape index (κ3) is 3.58. The Kier molecular flexibility index (Phi) is 5.14. The number of aromatic amines is 1. The fraction of sp³-hybridized carbons (Fsp3) is 0.714. The van der Waals surface area contributed by atoms with E-state index in [1.165, 1.54) is 0 Å². The molecule has 1 amide bonds. The second kappa shape index (κ2) is 6.85. The standard InChI is InChI=1S/C14H23N3O3/c1-10-13(11(2)16-15-10)3-4-14(19)17-5-6-20-9-12(7-17)8-18/h12,18H,3-9H2,1-2H3,(H,15,16). The van der Waals surface area contributed by atoms with Gasteiger partial charge < -0.3 is 14.7 Å². The van der Waals surface area contributed by atoms with E-state index in [-0.39, 0.29) is 18.4 Å². The van der Waals surface area contributed by atoms with Gasteiger partial charge in [-0.25, -0.2) is 0 Å². The van der Waals surface area contributed by atoms with E-state index < -0.39 is 0 Å². The van der Waals surface area contributed by atoms with Crippen LogP contribution in [-0.2, 0) is 16.0 Å². The molecule has 112 valence electrons. The van der Waals surface area contributed by atoms with Gasteiger partial charge in [-0.1, -0.05) is 0 Å². The SMILES string of the molecule is Cc1n[nH]c(C)c1CCC(=O)N1CCOCC(CO)C1. The molecule has 1 atom stereocenters. The number of nitrogens with one attached hydrogen (secondary N) is 1. The molecule has 1 fully saturated rings. The number of ether oxygens (including phenoxy) is 1. The summed E-state index contributed by atoms with van der Waals surface area (Å²) in [6.07, 6.45) is 1.17. The van der Waals surface area contributed by atoms with Crippen molar-refractivity contribution in [2.24, 2.45) is 5.92 Å². The van der Waals surface area contributed by atoms with E-state index in [2.05, 4.69) is 10.2 Å². The Labute approximate surface area is 119 Å². The van der Waals surface area contributed by atoms with Crippen LogP contribution in [0.5, 0.6) is 0 Å². The van der Waals surface area contributed by atoms with Gasteiger partial charge in [-0.15, -0.1) is 0 Å². The number of aliphatic hydroxyl groups excluding tert-OH is 1. The average Bonchev–Trinajstić information content (AvgIpc) is 2.67. The monoisotopic (exact) mass is 281 g/mol. The van der Waals surface area contributed by atoms with E-state index in [1.54, 1.807) is 4.90 Å². The minimum Gasteiger partial charge on any atom is -0.396 e. The van der Waals surface area contributed by atoms with Crippen molar-refractivity contribution in [2.75, 3.05) is 32.9 Å². The number of hydrogen-bond acceptors (Lipinski definition) is 4. The van der Waals surface area contributed by atoms with Crippen LogP contribution >= 0.6 is 0 Å². The minimum absolute atomic E-state index is 0.0267. The maximum Gasteiger partial charge on any atom is 0.222 e. The highest BCUT2D eigenvalue weighted by Gasteiger charge is 2.22. The molecule has 0 saturated carbocycles. The Morgan fingerprint density at radius 2 is 2.35 bits per heavy atom. The van der Waals surface area contributed by atoms with Crippen LogP contribution in [0.1, 0.15) is 23.4 Å². The summed E-state index contributed by atoms with van der Waals surface area (Å²) in [4.78, 5) is 14.1. The molecule has 1 saturated heterocycles. The molecular formula is C14H23N3O3. The maximum absolute atomic E-state index is 12.3. The number of nitrogens with zero attached hydrogens (tertiary/aromatic N) is 2. The van der Waals surface area contributed by atoms with Crippen molar-refractivity contribution in [3.8, 4) is 0 Å². The van der Waals surface area contributed by atoms with Crippen LogP contribution in [0, 0.1) is 19.8 Å². The molecule has 2 N–H and O–H groups in total. The summed E-state index contributed by atoms with van der Waals surface area (Å²) < 4.78 is 5.40. The number of carbonyl (C=O) groups excluding carboxylic acids is 1. The van der Waals surface area contributed by atoms with Crippen molar-refractivity contribution in [2.45, 2.75) is 26.7 Å². The zero-order chi connectivity index (χ0) is 14.5. The first kappa shape index (κ1) is 15.0. The summed E-state index contributed by atoms with van der Waals surface area (Å²) >= 11 is 0. The predicted molar refractivity (Wildman–Crippen MR) is 74.4 cm³/mol. The third-order valence-electron chi connectivity index (χ3n) is 3.82. The molecule has 6 heteroatoms. The van der Waals surface area contributed by atoms with E-state index in [0.717, 1.165) is 17.0 Å². The second-order valence-electron chi connectivity index (χ2n) is 5.38.